The molecule has 0 aromatic heterocycles. The van der Waals surface area contributed by atoms with E-state index >= 15 is 0 Å². The minimum atomic E-state index is 0.273. The third-order valence-corrected chi connectivity index (χ3v) is 3.64. The fourth-order valence-electron chi connectivity index (χ4n) is 2.20. The predicted octanol–water partition coefficient (Wildman–Crippen LogP) is 4.28. The Morgan fingerprint density at radius 2 is 1.56 bits per heavy atom. The van der Waals surface area contributed by atoms with Gasteiger partial charge in [0.1, 0.15) is 0 Å². The minimum Gasteiger partial charge on any atom is -0.381 e. The molecule has 1 aliphatic carbocycles. The van der Waals surface area contributed by atoms with Gasteiger partial charge in [-0.25, -0.2) is 0 Å². The van der Waals surface area contributed by atoms with E-state index in [1.165, 1.54) is 12.8 Å². The zero-order chi connectivity index (χ0) is 13.8. The summed E-state index contributed by atoms with van der Waals surface area (Å²) >= 11 is 0. The van der Waals surface area contributed by atoms with Crippen molar-refractivity contribution in [1.82, 2.24) is 0 Å². The summed E-state index contributed by atoms with van der Waals surface area (Å²) in [5.74, 6) is 0.847. The molecule has 0 aliphatic heterocycles. The maximum atomic E-state index is 5.86. The second kappa shape index (κ2) is 6.38. The molecule has 0 saturated heterocycles. The van der Waals surface area contributed by atoms with Crippen molar-refractivity contribution in [3.8, 4) is 0 Å². The molecule has 0 heterocycles. The number of ether oxygens (including phenoxy) is 2. The van der Waals surface area contributed by atoms with Gasteiger partial charge in [-0.15, -0.1) is 0 Å². The van der Waals surface area contributed by atoms with Crippen molar-refractivity contribution < 1.29 is 9.47 Å². The molecule has 0 bridgehead atoms. The van der Waals surface area contributed by atoms with E-state index in [2.05, 4.69) is 41.5 Å². The van der Waals surface area contributed by atoms with E-state index in [0.29, 0.717) is 11.5 Å². The molecule has 0 aromatic carbocycles. The van der Waals surface area contributed by atoms with Crippen LogP contribution in [0.5, 0.6) is 0 Å². The molecule has 1 rings (SSSR count). The van der Waals surface area contributed by atoms with Gasteiger partial charge in [0.2, 0.25) is 0 Å². The van der Waals surface area contributed by atoms with Crippen molar-refractivity contribution in [2.24, 2.45) is 16.7 Å². The van der Waals surface area contributed by atoms with Crippen LogP contribution in [0.3, 0.4) is 0 Å². The van der Waals surface area contributed by atoms with Crippen LogP contribution >= 0.6 is 0 Å². The molecule has 1 aliphatic rings. The first kappa shape index (κ1) is 16.0. The van der Waals surface area contributed by atoms with Gasteiger partial charge in [-0.1, -0.05) is 41.5 Å². The third kappa shape index (κ3) is 6.19. The molecular weight excluding hydrogens is 224 g/mol. The van der Waals surface area contributed by atoms with Crippen LogP contribution in [0.4, 0.5) is 0 Å². The molecule has 0 N–H and O–H groups in total. The molecule has 108 valence electrons. The van der Waals surface area contributed by atoms with Gasteiger partial charge in [-0.05, 0) is 36.0 Å². The van der Waals surface area contributed by atoms with Crippen molar-refractivity contribution in [3.63, 3.8) is 0 Å². The highest BCUT2D eigenvalue weighted by Gasteiger charge is 2.37. The van der Waals surface area contributed by atoms with Gasteiger partial charge in [-0.3, -0.25) is 0 Å². The van der Waals surface area contributed by atoms with Gasteiger partial charge >= 0.3 is 0 Å². The van der Waals surface area contributed by atoms with Crippen molar-refractivity contribution in [1.29, 1.82) is 0 Å². The van der Waals surface area contributed by atoms with Crippen molar-refractivity contribution in [3.05, 3.63) is 0 Å². The highest BCUT2D eigenvalue weighted by molar-refractivity contribution is 4.87. The first-order valence-corrected chi connectivity index (χ1v) is 7.38. The van der Waals surface area contributed by atoms with Crippen LogP contribution < -0.4 is 0 Å². The molecular formula is C16H32O2. The summed E-state index contributed by atoms with van der Waals surface area (Å²) in [4.78, 5) is 0. The van der Waals surface area contributed by atoms with Gasteiger partial charge in [0, 0.05) is 13.2 Å². The van der Waals surface area contributed by atoms with Crippen LogP contribution in [0.1, 0.15) is 60.8 Å². The van der Waals surface area contributed by atoms with Crippen molar-refractivity contribution >= 4 is 0 Å². The van der Waals surface area contributed by atoms with Crippen LogP contribution in [0.15, 0.2) is 0 Å². The summed E-state index contributed by atoms with van der Waals surface area (Å²) in [5, 5.41) is 0. The zero-order valence-electron chi connectivity index (χ0n) is 13.2. The molecule has 0 radical (unpaired) electrons. The number of hydrogen-bond acceptors (Lipinski definition) is 2. The summed E-state index contributed by atoms with van der Waals surface area (Å²) < 4.78 is 11.5. The average molecular weight is 256 g/mol. The molecule has 0 atom stereocenters. The predicted molar refractivity (Wildman–Crippen MR) is 76.8 cm³/mol. The Kier molecular flexibility index (Phi) is 5.67. The van der Waals surface area contributed by atoms with Crippen LogP contribution in [0.25, 0.3) is 0 Å². The molecule has 2 nitrogen and oxygen atoms in total. The van der Waals surface area contributed by atoms with Gasteiger partial charge < -0.3 is 9.47 Å². The second-order valence-corrected chi connectivity index (χ2v) is 7.99. The quantitative estimate of drug-likeness (QED) is 0.660. The summed E-state index contributed by atoms with van der Waals surface area (Å²) in [6.07, 6.45) is 4.02. The normalized spacial score (nSPS) is 25.0. The second-order valence-electron chi connectivity index (χ2n) is 7.99. The lowest BCUT2D eigenvalue weighted by molar-refractivity contribution is -0.0675. The largest absolute Gasteiger partial charge is 0.381 e. The SMILES string of the molecule is CC(C)(C)COCCCOC1CC(C(C)(C)C)C1. The Labute approximate surface area is 113 Å². The zero-order valence-corrected chi connectivity index (χ0v) is 13.2. The third-order valence-electron chi connectivity index (χ3n) is 3.64. The van der Waals surface area contributed by atoms with Gasteiger partial charge in [0.15, 0.2) is 0 Å². The monoisotopic (exact) mass is 256 g/mol. The molecule has 0 amide bonds. The first-order valence-electron chi connectivity index (χ1n) is 7.38. The summed E-state index contributed by atoms with van der Waals surface area (Å²) in [6.45, 7) is 16.1. The molecule has 18 heavy (non-hydrogen) atoms. The summed E-state index contributed by atoms with van der Waals surface area (Å²) in [6, 6.07) is 0. The van der Waals surface area contributed by atoms with E-state index in [4.69, 9.17) is 9.47 Å². The van der Waals surface area contributed by atoms with E-state index in [-0.39, 0.29) is 5.41 Å². The molecule has 0 spiro atoms. The topological polar surface area (TPSA) is 18.5 Å². The van der Waals surface area contributed by atoms with Crippen molar-refractivity contribution in [2.75, 3.05) is 19.8 Å². The van der Waals surface area contributed by atoms with Gasteiger partial charge in [-0.2, -0.15) is 0 Å². The lowest BCUT2D eigenvalue weighted by atomic mass is 9.67. The Balaban J connectivity index is 1.92. The molecule has 2 heteroatoms. The van der Waals surface area contributed by atoms with Crippen LogP contribution in [-0.2, 0) is 9.47 Å². The molecule has 1 fully saturated rings. The van der Waals surface area contributed by atoms with E-state index in [1.54, 1.807) is 0 Å². The summed E-state index contributed by atoms with van der Waals surface area (Å²) in [5.41, 5.74) is 0.727. The fraction of sp³-hybridized carbons (Fsp3) is 1.00. The van der Waals surface area contributed by atoms with E-state index in [9.17, 15) is 0 Å². The van der Waals surface area contributed by atoms with Crippen LogP contribution in [0, 0.1) is 16.7 Å². The maximum absolute atomic E-state index is 5.86. The van der Waals surface area contributed by atoms with E-state index in [0.717, 1.165) is 32.2 Å². The van der Waals surface area contributed by atoms with Gasteiger partial charge in [0.25, 0.3) is 0 Å². The lowest BCUT2D eigenvalue weighted by Gasteiger charge is -2.43. The Morgan fingerprint density at radius 1 is 0.944 bits per heavy atom. The van der Waals surface area contributed by atoms with Crippen LogP contribution in [-0.4, -0.2) is 25.9 Å². The number of rotatable bonds is 6. The van der Waals surface area contributed by atoms with E-state index < -0.39 is 0 Å². The molecule has 0 aromatic rings. The first-order chi connectivity index (χ1) is 8.18. The summed E-state index contributed by atoms with van der Waals surface area (Å²) in [7, 11) is 0. The Morgan fingerprint density at radius 3 is 2.06 bits per heavy atom. The highest BCUT2D eigenvalue weighted by Crippen LogP contribution is 2.42. The van der Waals surface area contributed by atoms with E-state index in [1.807, 2.05) is 0 Å². The lowest BCUT2D eigenvalue weighted by Crippen LogP contribution is -2.39. The van der Waals surface area contributed by atoms with Crippen molar-refractivity contribution in [2.45, 2.75) is 66.9 Å². The number of hydrogen-bond donors (Lipinski definition) is 0. The highest BCUT2D eigenvalue weighted by atomic mass is 16.5. The Hall–Kier alpha value is -0.0800. The Bertz CT molecular complexity index is 228. The molecule has 1 saturated carbocycles. The van der Waals surface area contributed by atoms with Gasteiger partial charge in [0.05, 0.1) is 12.7 Å². The maximum Gasteiger partial charge on any atom is 0.0580 e. The minimum absolute atomic E-state index is 0.273. The van der Waals surface area contributed by atoms with Crippen LogP contribution in [0.2, 0.25) is 0 Å². The smallest absolute Gasteiger partial charge is 0.0580 e. The molecule has 0 unspecified atom stereocenters. The fourth-order valence-corrected chi connectivity index (χ4v) is 2.20. The standard InChI is InChI=1S/C16H32O2/c1-15(2,3)12-17-8-7-9-18-14-10-13(11-14)16(4,5)6/h13-14H,7-12H2,1-6H3. The average Bonchev–Trinajstić information content (AvgIpc) is 2.09.